The summed E-state index contributed by atoms with van der Waals surface area (Å²) < 4.78 is 1.88. The van der Waals surface area contributed by atoms with Crippen LogP contribution in [0, 0.1) is 6.92 Å². The highest BCUT2D eigenvalue weighted by Gasteiger charge is 2.19. The highest BCUT2D eigenvalue weighted by molar-refractivity contribution is 6.32. The van der Waals surface area contributed by atoms with E-state index in [1.807, 2.05) is 36.6 Å². The van der Waals surface area contributed by atoms with Gasteiger partial charge in [0.15, 0.2) is 5.65 Å². The second-order valence-electron chi connectivity index (χ2n) is 4.87. The van der Waals surface area contributed by atoms with Gasteiger partial charge in [0.1, 0.15) is 11.3 Å². The minimum atomic E-state index is -0.282. The van der Waals surface area contributed by atoms with E-state index in [1.54, 1.807) is 12.3 Å². The Morgan fingerprint density at radius 1 is 1.19 bits per heavy atom. The van der Waals surface area contributed by atoms with E-state index in [2.05, 4.69) is 9.97 Å². The van der Waals surface area contributed by atoms with Gasteiger partial charge in [-0.05, 0) is 37.6 Å². The Morgan fingerprint density at radius 3 is 2.62 bits per heavy atom. The van der Waals surface area contributed by atoms with Crippen molar-refractivity contribution in [1.29, 1.82) is 0 Å². The second-order valence-corrected chi connectivity index (χ2v) is 6.37. The Balaban J connectivity index is 2.36. The first-order valence-corrected chi connectivity index (χ1v) is 7.61. The van der Waals surface area contributed by atoms with E-state index in [0.29, 0.717) is 27.0 Å². The fourth-order valence-corrected chi connectivity index (χ4v) is 2.87. The molecule has 0 N–H and O–H groups in total. The zero-order valence-corrected chi connectivity index (χ0v) is 13.7. The van der Waals surface area contributed by atoms with E-state index >= 15 is 0 Å². The molecule has 0 saturated carbocycles. The normalized spacial score (nSPS) is 12.8. The van der Waals surface area contributed by atoms with E-state index in [4.69, 9.17) is 34.8 Å². The highest BCUT2D eigenvalue weighted by Crippen LogP contribution is 2.31. The summed E-state index contributed by atoms with van der Waals surface area (Å²) in [6.45, 7) is 3.85. The molecular formula is C15H12Cl3N3. The summed E-state index contributed by atoms with van der Waals surface area (Å²) in [5, 5.41) is 0.885. The van der Waals surface area contributed by atoms with Gasteiger partial charge >= 0.3 is 0 Å². The predicted molar refractivity (Wildman–Crippen MR) is 87.9 cm³/mol. The maximum atomic E-state index is 6.38. The fourth-order valence-electron chi connectivity index (χ4n) is 2.26. The standard InChI is InChI=1S/C15H12Cl3N3/c1-8-3-4-13(11(18)5-8)21-14(9(2)16)20-12-6-10(17)7-19-15(12)21/h3-7,9H,1-2H3. The summed E-state index contributed by atoms with van der Waals surface area (Å²) in [7, 11) is 0. The van der Waals surface area contributed by atoms with Gasteiger partial charge in [-0.25, -0.2) is 9.97 Å². The van der Waals surface area contributed by atoms with E-state index in [-0.39, 0.29) is 5.38 Å². The minimum absolute atomic E-state index is 0.282. The molecule has 0 saturated heterocycles. The Morgan fingerprint density at radius 2 is 1.95 bits per heavy atom. The van der Waals surface area contributed by atoms with Gasteiger partial charge in [0.2, 0.25) is 0 Å². The van der Waals surface area contributed by atoms with Crippen molar-refractivity contribution in [1.82, 2.24) is 14.5 Å². The number of alkyl halides is 1. The number of hydrogen-bond acceptors (Lipinski definition) is 2. The van der Waals surface area contributed by atoms with Crippen LogP contribution in [0.25, 0.3) is 16.9 Å². The molecule has 3 aromatic rings. The quantitative estimate of drug-likeness (QED) is 0.590. The number of halogens is 3. The molecule has 0 radical (unpaired) electrons. The Kier molecular flexibility index (Phi) is 3.82. The molecule has 2 heterocycles. The Hall–Kier alpha value is -1.29. The summed E-state index contributed by atoms with van der Waals surface area (Å²) >= 11 is 18.6. The largest absolute Gasteiger partial charge is 0.278 e. The third-order valence-electron chi connectivity index (χ3n) is 3.19. The van der Waals surface area contributed by atoms with Gasteiger partial charge in [-0.1, -0.05) is 29.3 Å². The van der Waals surface area contributed by atoms with Crippen LogP contribution in [0.4, 0.5) is 0 Å². The first-order chi connectivity index (χ1) is 9.97. The van der Waals surface area contributed by atoms with Gasteiger partial charge in [-0.3, -0.25) is 4.57 Å². The lowest BCUT2D eigenvalue weighted by Crippen LogP contribution is -2.03. The summed E-state index contributed by atoms with van der Waals surface area (Å²) in [5.41, 5.74) is 3.28. The van der Waals surface area contributed by atoms with Crippen LogP contribution in [-0.2, 0) is 0 Å². The molecule has 1 atom stereocenters. The molecule has 0 aliphatic rings. The van der Waals surface area contributed by atoms with Crippen molar-refractivity contribution in [3.63, 3.8) is 0 Å². The van der Waals surface area contributed by atoms with Crippen LogP contribution < -0.4 is 0 Å². The van der Waals surface area contributed by atoms with Gasteiger partial charge in [-0.2, -0.15) is 0 Å². The summed E-state index contributed by atoms with van der Waals surface area (Å²) in [6, 6.07) is 7.61. The molecule has 1 aromatic carbocycles. The van der Waals surface area contributed by atoms with Crippen LogP contribution in [0.1, 0.15) is 23.7 Å². The molecule has 108 valence electrons. The van der Waals surface area contributed by atoms with Gasteiger partial charge in [0, 0.05) is 6.20 Å². The van der Waals surface area contributed by atoms with Crippen molar-refractivity contribution in [3.05, 3.63) is 51.9 Å². The van der Waals surface area contributed by atoms with Crippen molar-refractivity contribution in [2.24, 2.45) is 0 Å². The topological polar surface area (TPSA) is 30.7 Å². The molecule has 0 bridgehead atoms. The third kappa shape index (κ3) is 2.61. The number of pyridine rings is 1. The van der Waals surface area contributed by atoms with Gasteiger partial charge in [0.05, 0.1) is 21.1 Å². The number of hydrogen-bond donors (Lipinski definition) is 0. The smallest absolute Gasteiger partial charge is 0.164 e. The third-order valence-corrected chi connectivity index (χ3v) is 3.89. The maximum absolute atomic E-state index is 6.38. The molecule has 2 aromatic heterocycles. The predicted octanol–water partition coefficient (Wildman–Crippen LogP) is 5.34. The second kappa shape index (κ2) is 5.48. The number of imidazole rings is 1. The average molecular weight is 341 g/mol. The number of aromatic nitrogens is 3. The van der Waals surface area contributed by atoms with Crippen molar-refractivity contribution < 1.29 is 0 Å². The fraction of sp³-hybridized carbons (Fsp3) is 0.200. The SMILES string of the molecule is Cc1ccc(-n2c(C(C)Cl)nc3cc(Cl)cnc32)c(Cl)c1. The molecule has 6 heteroatoms. The monoisotopic (exact) mass is 339 g/mol. The first-order valence-electron chi connectivity index (χ1n) is 6.42. The lowest BCUT2D eigenvalue weighted by atomic mass is 10.2. The van der Waals surface area contributed by atoms with Crippen molar-refractivity contribution in [2.75, 3.05) is 0 Å². The number of aryl methyl sites for hydroxylation is 1. The van der Waals surface area contributed by atoms with Gasteiger partial charge in [-0.15, -0.1) is 11.6 Å². The Bertz CT molecular complexity index is 824. The van der Waals surface area contributed by atoms with Crippen LogP contribution in [0.15, 0.2) is 30.5 Å². The molecule has 0 aliphatic heterocycles. The molecule has 3 rings (SSSR count). The van der Waals surface area contributed by atoms with Crippen molar-refractivity contribution >= 4 is 46.0 Å². The minimum Gasteiger partial charge on any atom is -0.278 e. The van der Waals surface area contributed by atoms with Crippen LogP contribution in [0.2, 0.25) is 10.0 Å². The van der Waals surface area contributed by atoms with Gasteiger partial charge in [0.25, 0.3) is 0 Å². The van der Waals surface area contributed by atoms with Crippen molar-refractivity contribution in [2.45, 2.75) is 19.2 Å². The summed E-state index contributed by atoms with van der Waals surface area (Å²) in [4.78, 5) is 8.91. The molecule has 0 spiro atoms. The first kappa shape index (κ1) is 14.6. The Labute approximate surface area is 137 Å². The molecule has 0 aliphatic carbocycles. The molecule has 0 fully saturated rings. The van der Waals surface area contributed by atoms with Crippen LogP contribution in [-0.4, -0.2) is 14.5 Å². The van der Waals surface area contributed by atoms with Gasteiger partial charge < -0.3 is 0 Å². The lowest BCUT2D eigenvalue weighted by Gasteiger charge is -2.12. The van der Waals surface area contributed by atoms with E-state index in [0.717, 1.165) is 11.3 Å². The molecular weight excluding hydrogens is 329 g/mol. The molecule has 21 heavy (non-hydrogen) atoms. The number of rotatable bonds is 2. The van der Waals surface area contributed by atoms with E-state index < -0.39 is 0 Å². The molecule has 0 amide bonds. The summed E-state index contributed by atoms with van der Waals surface area (Å²) in [6.07, 6.45) is 1.59. The zero-order chi connectivity index (χ0) is 15.1. The average Bonchev–Trinajstić information content (AvgIpc) is 2.77. The maximum Gasteiger partial charge on any atom is 0.164 e. The molecule has 1 unspecified atom stereocenters. The summed E-state index contributed by atoms with van der Waals surface area (Å²) in [5.74, 6) is 0.687. The number of fused-ring (bicyclic) bond motifs is 1. The number of benzene rings is 1. The number of nitrogens with zero attached hydrogens (tertiary/aromatic N) is 3. The van der Waals surface area contributed by atoms with E-state index in [9.17, 15) is 0 Å². The lowest BCUT2D eigenvalue weighted by molar-refractivity contribution is 0.877. The van der Waals surface area contributed by atoms with E-state index in [1.165, 1.54) is 0 Å². The molecule has 3 nitrogen and oxygen atoms in total. The van der Waals surface area contributed by atoms with Crippen LogP contribution >= 0.6 is 34.8 Å². The van der Waals surface area contributed by atoms with Crippen LogP contribution in [0.3, 0.4) is 0 Å². The zero-order valence-electron chi connectivity index (χ0n) is 11.4. The van der Waals surface area contributed by atoms with Crippen molar-refractivity contribution in [3.8, 4) is 5.69 Å². The highest BCUT2D eigenvalue weighted by atomic mass is 35.5. The van der Waals surface area contributed by atoms with Crippen LogP contribution in [0.5, 0.6) is 0 Å².